The molecule has 3 N–H and O–H groups in total. The Morgan fingerprint density at radius 1 is 1.25 bits per heavy atom. The van der Waals surface area contributed by atoms with Gasteiger partial charge < -0.3 is 25.0 Å². The summed E-state index contributed by atoms with van der Waals surface area (Å²) < 4.78 is 10.5. The minimum atomic E-state index is -0.636. The number of nitrogens with one attached hydrogen (secondary N) is 1. The molecule has 2 heterocycles. The van der Waals surface area contributed by atoms with Crippen molar-refractivity contribution < 1.29 is 24.5 Å². The average molecular weight is 331 g/mol. The van der Waals surface area contributed by atoms with Crippen molar-refractivity contribution in [1.29, 1.82) is 0 Å². The highest BCUT2D eigenvalue weighted by Crippen LogP contribution is 2.32. The number of rotatable bonds is 4. The minimum absolute atomic E-state index is 0.100. The number of ether oxygens (including phenoxy) is 2. The lowest BCUT2D eigenvalue weighted by Crippen LogP contribution is -2.24. The number of nitrogens with zero attached hydrogens (tertiary/aromatic N) is 2. The first-order valence-corrected chi connectivity index (χ1v) is 7.42. The third-order valence-corrected chi connectivity index (χ3v) is 3.50. The van der Waals surface area contributed by atoms with Crippen LogP contribution < -0.4 is 14.8 Å². The quantitative estimate of drug-likeness (QED) is 0.781. The summed E-state index contributed by atoms with van der Waals surface area (Å²) in [5.41, 5.74) is 0.543. The second-order valence-corrected chi connectivity index (χ2v) is 5.63. The van der Waals surface area contributed by atoms with E-state index in [0.29, 0.717) is 11.5 Å². The van der Waals surface area contributed by atoms with Crippen molar-refractivity contribution in [3.8, 4) is 23.1 Å². The van der Waals surface area contributed by atoms with Gasteiger partial charge in [-0.2, -0.15) is 4.98 Å². The molecule has 1 aromatic heterocycles. The summed E-state index contributed by atoms with van der Waals surface area (Å²) in [5.74, 6) is -0.402. The molecule has 1 aromatic carbocycles. The zero-order chi connectivity index (χ0) is 17.3. The van der Waals surface area contributed by atoms with Crippen LogP contribution in [0.4, 0.5) is 0 Å². The number of carbonyl (C=O) groups excluding carboxylic acids is 1. The monoisotopic (exact) mass is 331 g/mol. The van der Waals surface area contributed by atoms with Crippen LogP contribution in [0.25, 0.3) is 0 Å². The number of benzene rings is 1. The molecule has 126 valence electrons. The summed E-state index contributed by atoms with van der Waals surface area (Å²) in [5, 5.41) is 22.1. The molecule has 1 aliphatic heterocycles. The Hall–Kier alpha value is -3.03. The predicted octanol–water partition coefficient (Wildman–Crippen LogP) is 1.67. The van der Waals surface area contributed by atoms with E-state index in [1.54, 1.807) is 18.2 Å². The first-order valence-electron chi connectivity index (χ1n) is 7.42. The normalized spacial score (nSPS) is 12.5. The van der Waals surface area contributed by atoms with E-state index in [0.717, 1.165) is 5.56 Å². The Balaban J connectivity index is 1.75. The molecule has 8 nitrogen and oxygen atoms in total. The van der Waals surface area contributed by atoms with Crippen molar-refractivity contribution in [1.82, 2.24) is 15.3 Å². The number of aromatic nitrogens is 2. The van der Waals surface area contributed by atoms with Crippen LogP contribution in [0.1, 0.15) is 41.6 Å². The smallest absolute Gasteiger partial charge is 0.274 e. The molecule has 0 unspecified atom stereocenters. The fraction of sp³-hybridized carbons (Fsp3) is 0.312. The first-order chi connectivity index (χ1) is 11.5. The second kappa shape index (κ2) is 6.23. The Morgan fingerprint density at radius 2 is 2.00 bits per heavy atom. The van der Waals surface area contributed by atoms with Crippen LogP contribution in [0.15, 0.2) is 18.2 Å². The van der Waals surface area contributed by atoms with Crippen LogP contribution in [-0.2, 0) is 6.54 Å². The van der Waals surface area contributed by atoms with E-state index in [2.05, 4.69) is 15.3 Å². The van der Waals surface area contributed by atoms with Crippen molar-refractivity contribution in [2.75, 3.05) is 6.79 Å². The molecule has 1 aliphatic rings. The van der Waals surface area contributed by atoms with Gasteiger partial charge in [-0.15, -0.1) is 0 Å². The summed E-state index contributed by atoms with van der Waals surface area (Å²) in [6.07, 6.45) is 0. The number of fused-ring (bicyclic) bond motifs is 1. The molecule has 0 radical (unpaired) electrons. The maximum absolute atomic E-state index is 12.3. The van der Waals surface area contributed by atoms with Gasteiger partial charge in [0.2, 0.25) is 12.5 Å². The van der Waals surface area contributed by atoms with Crippen molar-refractivity contribution in [2.24, 2.45) is 0 Å². The zero-order valence-electron chi connectivity index (χ0n) is 13.2. The molecule has 2 aromatic rings. The van der Waals surface area contributed by atoms with Gasteiger partial charge in [0.05, 0.1) is 0 Å². The van der Waals surface area contributed by atoms with Gasteiger partial charge in [0.1, 0.15) is 5.82 Å². The lowest BCUT2D eigenvalue weighted by molar-refractivity contribution is 0.0941. The molecule has 0 atom stereocenters. The summed E-state index contributed by atoms with van der Waals surface area (Å²) in [4.78, 5) is 20.1. The van der Waals surface area contributed by atoms with Crippen molar-refractivity contribution >= 4 is 5.91 Å². The standard InChI is InChI=1S/C16H17N3O5/c1-8(2)14-18-12(13(20)16(22)19-14)15(21)17-6-9-3-4-10-11(5-9)24-7-23-10/h3-5,8,20H,6-7H2,1-2H3,(H,17,21)(H,18,19,22). The van der Waals surface area contributed by atoms with Gasteiger partial charge >= 0.3 is 0 Å². The highest BCUT2D eigenvalue weighted by atomic mass is 16.7. The Bertz CT molecular complexity index is 792. The third-order valence-electron chi connectivity index (χ3n) is 3.50. The van der Waals surface area contributed by atoms with Crippen LogP contribution in [0.2, 0.25) is 0 Å². The number of hydrogen-bond donors (Lipinski definition) is 3. The number of amides is 1. The summed E-state index contributed by atoms with van der Waals surface area (Å²) in [7, 11) is 0. The van der Waals surface area contributed by atoms with Crippen molar-refractivity contribution in [3.63, 3.8) is 0 Å². The third kappa shape index (κ3) is 3.03. The Kier molecular flexibility index (Phi) is 4.11. The van der Waals surface area contributed by atoms with E-state index < -0.39 is 17.5 Å². The molecule has 0 saturated heterocycles. The molecule has 1 amide bonds. The molecule has 0 saturated carbocycles. The van der Waals surface area contributed by atoms with Gasteiger partial charge in [0.25, 0.3) is 11.8 Å². The topological polar surface area (TPSA) is 114 Å². The number of aromatic hydroxyl groups is 2. The SMILES string of the molecule is CC(C)c1nc(O)c(O)c(C(=O)NCc2ccc3c(c2)OCO3)n1. The van der Waals surface area contributed by atoms with Crippen LogP contribution >= 0.6 is 0 Å². The van der Waals surface area contributed by atoms with Crippen LogP contribution in [0, 0.1) is 0 Å². The van der Waals surface area contributed by atoms with Gasteiger partial charge in [0, 0.05) is 12.5 Å². The van der Waals surface area contributed by atoms with Crippen LogP contribution in [-0.4, -0.2) is 32.9 Å². The molecule has 3 rings (SSSR count). The summed E-state index contributed by atoms with van der Waals surface area (Å²) >= 11 is 0. The largest absolute Gasteiger partial charge is 0.501 e. The summed E-state index contributed by atoms with van der Waals surface area (Å²) in [6, 6.07) is 5.32. The highest BCUT2D eigenvalue weighted by molar-refractivity contribution is 5.95. The van der Waals surface area contributed by atoms with Gasteiger partial charge in [-0.1, -0.05) is 19.9 Å². The lowest BCUT2D eigenvalue weighted by Gasteiger charge is -2.10. The maximum atomic E-state index is 12.3. The minimum Gasteiger partial charge on any atom is -0.501 e. The number of carbonyl (C=O) groups is 1. The first kappa shape index (κ1) is 15.9. The molecule has 0 fully saturated rings. The van der Waals surface area contributed by atoms with E-state index in [1.165, 1.54) is 0 Å². The molecule has 0 aliphatic carbocycles. The second-order valence-electron chi connectivity index (χ2n) is 5.63. The number of hydrogen-bond acceptors (Lipinski definition) is 7. The summed E-state index contributed by atoms with van der Waals surface area (Å²) in [6.45, 7) is 4.02. The van der Waals surface area contributed by atoms with Crippen LogP contribution in [0.3, 0.4) is 0 Å². The predicted molar refractivity (Wildman–Crippen MR) is 83.2 cm³/mol. The molecule has 0 bridgehead atoms. The molecule has 8 heteroatoms. The van der Waals surface area contributed by atoms with Crippen molar-refractivity contribution in [2.45, 2.75) is 26.3 Å². The van der Waals surface area contributed by atoms with Gasteiger partial charge in [-0.25, -0.2) is 4.98 Å². The van der Waals surface area contributed by atoms with E-state index in [-0.39, 0.29) is 30.8 Å². The fourth-order valence-corrected chi connectivity index (χ4v) is 2.19. The van der Waals surface area contributed by atoms with Gasteiger partial charge in [-0.05, 0) is 17.7 Å². The maximum Gasteiger partial charge on any atom is 0.274 e. The van der Waals surface area contributed by atoms with Crippen molar-refractivity contribution in [3.05, 3.63) is 35.3 Å². The molecule has 0 spiro atoms. The van der Waals surface area contributed by atoms with Crippen LogP contribution in [0.5, 0.6) is 23.1 Å². The van der Waals surface area contributed by atoms with E-state index in [1.807, 2.05) is 13.8 Å². The zero-order valence-corrected chi connectivity index (χ0v) is 13.2. The average Bonchev–Trinajstić information content (AvgIpc) is 3.02. The fourth-order valence-electron chi connectivity index (χ4n) is 2.19. The van der Waals surface area contributed by atoms with E-state index in [9.17, 15) is 15.0 Å². The molecule has 24 heavy (non-hydrogen) atoms. The van der Waals surface area contributed by atoms with E-state index >= 15 is 0 Å². The highest BCUT2D eigenvalue weighted by Gasteiger charge is 2.21. The Labute approximate surface area is 138 Å². The lowest BCUT2D eigenvalue weighted by atomic mass is 10.2. The molecular weight excluding hydrogens is 314 g/mol. The Morgan fingerprint density at radius 3 is 2.75 bits per heavy atom. The van der Waals surface area contributed by atoms with E-state index in [4.69, 9.17) is 9.47 Å². The molecular formula is C16H17N3O5. The van der Waals surface area contributed by atoms with Gasteiger partial charge in [-0.3, -0.25) is 4.79 Å². The van der Waals surface area contributed by atoms with Gasteiger partial charge in [0.15, 0.2) is 17.2 Å².